The molecular weight excluding hydrogens is 210 g/mol. The van der Waals surface area contributed by atoms with Crippen LogP contribution in [0.4, 0.5) is 5.69 Å². The van der Waals surface area contributed by atoms with Gasteiger partial charge in [-0.2, -0.15) is 12.6 Å². The number of hydrogen-bond donors (Lipinski definition) is 1. The number of hydrogen-bond acceptors (Lipinski definition) is 4. The van der Waals surface area contributed by atoms with Crippen LogP contribution < -0.4 is 4.90 Å². The molecule has 1 aromatic rings. The maximum absolute atomic E-state index is 11.3. The Hall–Kier alpha value is -1.16. The molecule has 3 nitrogen and oxygen atoms in total. The topological polar surface area (TPSA) is 29.5 Å². The van der Waals surface area contributed by atoms with Crippen molar-refractivity contribution in [2.24, 2.45) is 0 Å². The van der Waals surface area contributed by atoms with Crippen molar-refractivity contribution in [1.29, 1.82) is 0 Å². The quantitative estimate of drug-likeness (QED) is 0.630. The zero-order valence-corrected chi connectivity index (χ0v) is 10.0. The lowest BCUT2D eigenvalue weighted by Crippen LogP contribution is -2.12. The Morgan fingerprint density at radius 1 is 1.47 bits per heavy atom. The molecule has 0 radical (unpaired) electrons. The van der Waals surface area contributed by atoms with Gasteiger partial charge in [-0.15, -0.1) is 0 Å². The maximum Gasteiger partial charge on any atom is 0.337 e. The lowest BCUT2D eigenvalue weighted by Gasteiger charge is -2.17. The smallest absolute Gasteiger partial charge is 0.337 e. The van der Waals surface area contributed by atoms with Crippen LogP contribution in [0.5, 0.6) is 0 Å². The highest BCUT2D eigenvalue weighted by Crippen LogP contribution is 2.22. The number of anilines is 1. The van der Waals surface area contributed by atoms with Crippen LogP contribution in [0.25, 0.3) is 0 Å². The first-order chi connectivity index (χ1) is 7.10. The molecule has 0 amide bonds. The van der Waals surface area contributed by atoms with Crippen molar-refractivity contribution < 1.29 is 9.53 Å². The van der Waals surface area contributed by atoms with E-state index in [-0.39, 0.29) is 5.97 Å². The van der Waals surface area contributed by atoms with Gasteiger partial charge in [0.15, 0.2) is 0 Å². The van der Waals surface area contributed by atoms with E-state index >= 15 is 0 Å². The molecule has 0 aromatic heterocycles. The molecule has 0 spiro atoms. The van der Waals surface area contributed by atoms with Gasteiger partial charge >= 0.3 is 5.97 Å². The Morgan fingerprint density at radius 3 is 2.60 bits per heavy atom. The summed E-state index contributed by atoms with van der Waals surface area (Å²) in [5.41, 5.74) is 2.65. The molecule has 0 atom stereocenters. The molecule has 0 N–H and O–H groups in total. The second kappa shape index (κ2) is 5.07. The summed E-state index contributed by atoms with van der Waals surface area (Å²) in [5.74, 6) is 0.279. The van der Waals surface area contributed by atoms with Crippen LogP contribution in [-0.4, -0.2) is 27.2 Å². The zero-order valence-electron chi connectivity index (χ0n) is 9.15. The highest BCUT2D eigenvalue weighted by atomic mass is 32.1. The fourth-order valence-electron chi connectivity index (χ4n) is 1.39. The molecule has 0 aliphatic carbocycles. The molecule has 15 heavy (non-hydrogen) atoms. The van der Waals surface area contributed by atoms with Gasteiger partial charge in [-0.05, 0) is 23.8 Å². The Labute approximate surface area is 95.4 Å². The molecule has 0 heterocycles. The molecule has 0 aliphatic heterocycles. The number of methoxy groups -OCH3 is 1. The highest BCUT2D eigenvalue weighted by Gasteiger charge is 2.09. The molecule has 0 saturated carbocycles. The first-order valence-electron chi connectivity index (χ1n) is 4.59. The van der Waals surface area contributed by atoms with E-state index in [1.54, 1.807) is 6.07 Å². The lowest BCUT2D eigenvalue weighted by molar-refractivity contribution is 0.0600. The van der Waals surface area contributed by atoms with Crippen molar-refractivity contribution in [2.75, 3.05) is 26.1 Å². The Bertz CT molecular complexity index is 364. The average Bonchev–Trinajstić information content (AvgIpc) is 2.26. The number of nitrogens with zero attached hydrogens (tertiary/aromatic N) is 1. The van der Waals surface area contributed by atoms with Crippen molar-refractivity contribution in [3.63, 3.8) is 0 Å². The summed E-state index contributed by atoms with van der Waals surface area (Å²) in [7, 11) is 5.29. The molecule has 0 aliphatic rings. The largest absolute Gasteiger partial charge is 0.465 e. The molecule has 1 aromatic carbocycles. The van der Waals surface area contributed by atoms with Gasteiger partial charge in [0, 0.05) is 25.5 Å². The number of thiol groups is 1. The van der Waals surface area contributed by atoms with Gasteiger partial charge in [0.25, 0.3) is 0 Å². The van der Waals surface area contributed by atoms with Gasteiger partial charge in [-0.1, -0.05) is 0 Å². The Morgan fingerprint density at radius 2 is 2.13 bits per heavy atom. The average molecular weight is 225 g/mol. The number of ether oxygens (including phenoxy) is 1. The van der Waals surface area contributed by atoms with Crippen molar-refractivity contribution in [1.82, 2.24) is 0 Å². The Balaban J connectivity index is 3.13. The van der Waals surface area contributed by atoms with Crippen molar-refractivity contribution in [2.45, 2.75) is 5.75 Å². The fourth-order valence-corrected chi connectivity index (χ4v) is 1.65. The van der Waals surface area contributed by atoms with E-state index in [1.807, 2.05) is 31.1 Å². The minimum atomic E-state index is -0.316. The highest BCUT2D eigenvalue weighted by molar-refractivity contribution is 7.79. The number of carbonyl (C=O) groups is 1. The molecule has 82 valence electrons. The summed E-state index contributed by atoms with van der Waals surface area (Å²) in [6, 6.07) is 5.47. The predicted octanol–water partition coefficient (Wildman–Crippen LogP) is 1.97. The number of esters is 1. The minimum absolute atomic E-state index is 0.316. The van der Waals surface area contributed by atoms with Crippen LogP contribution >= 0.6 is 12.6 Å². The van der Waals surface area contributed by atoms with Crippen LogP contribution in [0.1, 0.15) is 15.9 Å². The zero-order chi connectivity index (χ0) is 11.4. The summed E-state index contributed by atoms with van der Waals surface area (Å²) < 4.78 is 4.66. The number of rotatable bonds is 3. The summed E-state index contributed by atoms with van der Waals surface area (Å²) in [5, 5.41) is 0. The van der Waals surface area contributed by atoms with Crippen LogP contribution in [0, 0.1) is 0 Å². The third-order valence-electron chi connectivity index (χ3n) is 2.15. The van der Waals surface area contributed by atoms with Crippen LogP contribution in [0.2, 0.25) is 0 Å². The first kappa shape index (κ1) is 11.9. The van der Waals surface area contributed by atoms with E-state index in [2.05, 4.69) is 17.4 Å². The monoisotopic (exact) mass is 225 g/mol. The van der Waals surface area contributed by atoms with Crippen LogP contribution in [0.3, 0.4) is 0 Å². The van der Waals surface area contributed by atoms with Crippen molar-refractivity contribution in [3.05, 3.63) is 29.3 Å². The summed E-state index contributed by atoms with van der Waals surface area (Å²) in [6.07, 6.45) is 0. The molecule has 0 unspecified atom stereocenters. The number of carbonyl (C=O) groups excluding carboxylic acids is 1. The van der Waals surface area contributed by atoms with Gasteiger partial charge in [0.2, 0.25) is 0 Å². The number of benzene rings is 1. The van der Waals surface area contributed by atoms with Crippen molar-refractivity contribution >= 4 is 24.3 Å². The van der Waals surface area contributed by atoms with Gasteiger partial charge in [0.1, 0.15) is 0 Å². The molecule has 0 saturated heterocycles. The van der Waals surface area contributed by atoms with Crippen LogP contribution in [0.15, 0.2) is 18.2 Å². The minimum Gasteiger partial charge on any atom is -0.465 e. The maximum atomic E-state index is 11.3. The van der Waals surface area contributed by atoms with Gasteiger partial charge < -0.3 is 9.64 Å². The van der Waals surface area contributed by atoms with E-state index in [0.717, 1.165) is 11.3 Å². The lowest BCUT2D eigenvalue weighted by atomic mass is 10.1. The van der Waals surface area contributed by atoms with E-state index in [0.29, 0.717) is 11.3 Å². The van der Waals surface area contributed by atoms with Gasteiger partial charge in [-0.3, -0.25) is 0 Å². The summed E-state index contributed by atoms with van der Waals surface area (Å²) in [6.45, 7) is 0. The van der Waals surface area contributed by atoms with E-state index < -0.39 is 0 Å². The van der Waals surface area contributed by atoms with Gasteiger partial charge in [0.05, 0.1) is 12.7 Å². The third-order valence-corrected chi connectivity index (χ3v) is 2.49. The second-order valence-corrected chi connectivity index (χ2v) is 3.70. The SMILES string of the molecule is COC(=O)c1ccc(N(C)C)c(CS)c1. The third kappa shape index (κ3) is 2.65. The van der Waals surface area contributed by atoms with Crippen molar-refractivity contribution in [3.8, 4) is 0 Å². The molecular formula is C11H15NO2S. The standard InChI is InChI=1S/C11H15NO2S/c1-12(2)10-5-4-8(11(13)14-3)6-9(10)7-15/h4-6,15H,7H2,1-3H3. The van der Waals surface area contributed by atoms with Gasteiger partial charge in [-0.25, -0.2) is 4.79 Å². The van der Waals surface area contributed by atoms with E-state index in [4.69, 9.17) is 0 Å². The molecule has 1 rings (SSSR count). The molecule has 4 heteroatoms. The Kier molecular flexibility index (Phi) is 4.03. The normalized spacial score (nSPS) is 9.87. The van der Waals surface area contributed by atoms with E-state index in [9.17, 15) is 4.79 Å². The molecule has 0 fully saturated rings. The first-order valence-corrected chi connectivity index (χ1v) is 5.22. The summed E-state index contributed by atoms with van der Waals surface area (Å²) >= 11 is 4.24. The predicted molar refractivity (Wildman–Crippen MR) is 64.8 cm³/mol. The molecule has 0 bridgehead atoms. The van der Waals surface area contributed by atoms with E-state index in [1.165, 1.54) is 7.11 Å². The fraction of sp³-hybridized carbons (Fsp3) is 0.364. The summed E-state index contributed by atoms with van der Waals surface area (Å²) in [4.78, 5) is 13.3. The van der Waals surface area contributed by atoms with Crippen LogP contribution in [-0.2, 0) is 10.5 Å². The second-order valence-electron chi connectivity index (χ2n) is 3.39.